The van der Waals surface area contributed by atoms with Crippen LogP contribution in [0.2, 0.25) is 0 Å². The second-order valence-corrected chi connectivity index (χ2v) is 11.5. The maximum absolute atomic E-state index is 13.0. The van der Waals surface area contributed by atoms with Crippen molar-refractivity contribution in [2.75, 3.05) is 19.7 Å². The molecule has 3 heterocycles. The highest BCUT2D eigenvalue weighted by Crippen LogP contribution is 2.32. The van der Waals surface area contributed by atoms with Crippen LogP contribution in [0.15, 0.2) is 36.5 Å². The molecular formula is C28H36N4O2S. The molecule has 6 nitrogen and oxygen atoms in total. The van der Waals surface area contributed by atoms with Crippen molar-refractivity contribution in [1.29, 1.82) is 0 Å². The Morgan fingerprint density at radius 1 is 1.20 bits per heavy atom. The predicted molar refractivity (Wildman–Crippen MR) is 141 cm³/mol. The number of carbonyl (C=O) groups excluding carboxylic acids is 1. The number of nitrogens with one attached hydrogen (secondary N) is 1. The van der Waals surface area contributed by atoms with Gasteiger partial charge in [0.05, 0.1) is 17.8 Å². The zero-order valence-corrected chi connectivity index (χ0v) is 21.7. The zero-order valence-electron chi connectivity index (χ0n) is 20.8. The summed E-state index contributed by atoms with van der Waals surface area (Å²) in [5, 5.41) is 5.05. The minimum atomic E-state index is 0.0242. The van der Waals surface area contributed by atoms with Crippen LogP contribution in [0.1, 0.15) is 66.9 Å². The third-order valence-electron chi connectivity index (χ3n) is 7.25. The standard InChI is InChI=1S/C28H36N4O2S/c1-19(2)18-34-28-31-25-17-32(16-13-26(25)35-28)15-12-20-8-10-21(11-9-20)30-27(33)23-5-3-7-24-22(23)6-4-14-29-24/h3-7,14,19-21H,8-13,15-18H2,1-2H3,(H,30,33)/t20-,21-. The van der Waals surface area contributed by atoms with Crippen molar-refractivity contribution in [3.8, 4) is 5.19 Å². The van der Waals surface area contributed by atoms with Crippen molar-refractivity contribution >= 4 is 28.1 Å². The number of rotatable bonds is 8. The molecule has 1 amide bonds. The lowest BCUT2D eigenvalue weighted by Crippen LogP contribution is -2.38. The van der Waals surface area contributed by atoms with Crippen LogP contribution in [0, 0.1) is 11.8 Å². The molecule has 1 aromatic carbocycles. The number of hydrogen-bond acceptors (Lipinski definition) is 6. The van der Waals surface area contributed by atoms with Crippen LogP contribution in [0.3, 0.4) is 0 Å². The summed E-state index contributed by atoms with van der Waals surface area (Å²) < 4.78 is 5.85. The molecule has 2 aromatic heterocycles. The van der Waals surface area contributed by atoms with E-state index in [4.69, 9.17) is 9.72 Å². The number of benzene rings is 1. The molecule has 1 N–H and O–H groups in total. The van der Waals surface area contributed by atoms with Gasteiger partial charge in [0.2, 0.25) is 0 Å². The Hall–Kier alpha value is -2.51. The number of thiazole rings is 1. The van der Waals surface area contributed by atoms with Gasteiger partial charge in [0.25, 0.3) is 11.1 Å². The first-order valence-electron chi connectivity index (χ1n) is 13.0. The van der Waals surface area contributed by atoms with Gasteiger partial charge in [-0.1, -0.05) is 37.3 Å². The van der Waals surface area contributed by atoms with Crippen molar-refractivity contribution in [3.63, 3.8) is 0 Å². The van der Waals surface area contributed by atoms with Crippen LogP contribution >= 0.6 is 11.3 Å². The van der Waals surface area contributed by atoms with Crippen LogP contribution in [0.25, 0.3) is 10.9 Å². The SMILES string of the molecule is CC(C)COc1nc2c(s1)CCN(CC[C@H]1CC[C@H](NC(=O)c3cccc4ncccc34)CC1)C2. The average Bonchev–Trinajstić information content (AvgIpc) is 3.29. The van der Waals surface area contributed by atoms with Crippen molar-refractivity contribution in [3.05, 3.63) is 52.7 Å². The molecule has 0 saturated heterocycles. The number of hydrogen-bond donors (Lipinski definition) is 1. The van der Waals surface area contributed by atoms with Gasteiger partial charge in [-0.25, -0.2) is 4.98 Å². The quantitative estimate of drug-likeness (QED) is 0.452. The Morgan fingerprint density at radius 2 is 2.06 bits per heavy atom. The third kappa shape index (κ3) is 6.01. The topological polar surface area (TPSA) is 67.3 Å². The third-order valence-corrected chi connectivity index (χ3v) is 8.32. The Bertz CT molecular complexity index is 1150. The lowest BCUT2D eigenvalue weighted by atomic mass is 9.84. The van der Waals surface area contributed by atoms with E-state index in [-0.39, 0.29) is 11.9 Å². The molecule has 35 heavy (non-hydrogen) atoms. The molecule has 1 fully saturated rings. The van der Waals surface area contributed by atoms with Crippen molar-refractivity contribution in [1.82, 2.24) is 20.2 Å². The van der Waals surface area contributed by atoms with Gasteiger partial charge in [-0.05, 0) is 75.1 Å². The number of nitrogens with zero attached hydrogens (tertiary/aromatic N) is 3. The second-order valence-electron chi connectivity index (χ2n) is 10.4. The number of ether oxygens (including phenoxy) is 1. The van der Waals surface area contributed by atoms with Gasteiger partial charge in [0.1, 0.15) is 0 Å². The van der Waals surface area contributed by atoms with Gasteiger partial charge in [0, 0.05) is 41.2 Å². The molecule has 7 heteroatoms. The molecule has 0 bridgehead atoms. The van der Waals surface area contributed by atoms with Crippen LogP contribution in [0.4, 0.5) is 0 Å². The van der Waals surface area contributed by atoms with E-state index in [1.54, 1.807) is 17.5 Å². The van der Waals surface area contributed by atoms with Crippen molar-refractivity contribution in [2.24, 2.45) is 11.8 Å². The summed E-state index contributed by atoms with van der Waals surface area (Å²) >= 11 is 1.73. The first kappa shape index (κ1) is 24.2. The first-order valence-corrected chi connectivity index (χ1v) is 13.8. The van der Waals surface area contributed by atoms with Gasteiger partial charge in [-0.2, -0.15) is 0 Å². The minimum Gasteiger partial charge on any atom is -0.470 e. The van der Waals surface area contributed by atoms with Crippen molar-refractivity contribution < 1.29 is 9.53 Å². The van der Waals surface area contributed by atoms with Gasteiger partial charge in [-0.3, -0.25) is 14.7 Å². The van der Waals surface area contributed by atoms with Gasteiger partial charge >= 0.3 is 0 Å². The molecule has 0 spiro atoms. The van der Waals surface area contributed by atoms with Gasteiger partial charge in [0.15, 0.2) is 0 Å². The molecule has 0 radical (unpaired) electrons. The minimum absolute atomic E-state index is 0.0242. The Kier molecular flexibility index (Phi) is 7.63. The molecule has 1 saturated carbocycles. The summed E-state index contributed by atoms with van der Waals surface area (Å²) in [5.74, 6) is 1.29. The maximum atomic E-state index is 13.0. The Labute approximate surface area is 212 Å². The van der Waals surface area contributed by atoms with E-state index in [0.29, 0.717) is 5.92 Å². The maximum Gasteiger partial charge on any atom is 0.273 e. The fourth-order valence-electron chi connectivity index (χ4n) is 5.24. The molecule has 3 aromatic rings. The van der Waals surface area contributed by atoms with Crippen LogP contribution < -0.4 is 10.1 Å². The monoisotopic (exact) mass is 492 g/mol. The van der Waals surface area contributed by atoms with E-state index >= 15 is 0 Å². The highest BCUT2D eigenvalue weighted by atomic mass is 32.1. The van der Waals surface area contributed by atoms with E-state index in [1.165, 1.54) is 29.8 Å². The summed E-state index contributed by atoms with van der Waals surface area (Å²) in [4.78, 5) is 26.0. The fraction of sp³-hybridized carbons (Fsp3) is 0.536. The van der Waals surface area contributed by atoms with Crippen LogP contribution in [-0.4, -0.2) is 46.5 Å². The number of amides is 1. The van der Waals surface area contributed by atoms with E-state index in [0.717, 1.165) is 73.1 Å². The fourth-order valence-corrected chi connectivity index (χ4v) is 6.16. The summed E-state index contributed by atoms with van der Waals surface area (Å²) in [5.41, 5.74) is 2.81. The summed E-state index contributed by atoms with van der Waals surface area (Å²) in [6.07, 6.45) is 8.57. The predicted octanol–water partition coefficient (Wildman–Crippen LogP) is 5.46. The molecule has 2 aliphatic rings. The molecule has 186 valence electrons. The molecule has 1 aliphatic heterocycles. The second kappa shape index (κ2) is 11.0. The molecule has 0 unspecified atom stereocenters. The molecular weight excluding hydrogens is 456 g/mol. The Balaban J connectivity index is 1.06. The Morgan fingerprint density at radius 3 is 2.89 bits per heavy atom. The summed E-state index contributed by atoms with van der Waals surface area (Å²) in [6.45, 7) is 8.26. The van der Waals surface area contributed by atoms with Crippen LogP contribution in [-0.2, 0) is 13.0 Å². The zero-order chi connectivity index (χ0) is 24.2. The summed E-state index contributed by atoms with van der Waals surface area (Å²) in [6, 6.07) is 9.90. The normalized spacial score (nSPS) is 20.7. The highest BCUT2D eigenvalue weighted by Gasteiger charge is 2.26. The van der Waals surface area contributed by atoms with Gasteiger partial charge in [-0.15, -0.1) is 0 Å². The van der Waals surface area contributed by atoms with Crippen molar-refractivity contribution in [2.45, 2.75) is 65.0 Å². The van der Waals surface area contributed by atoms with Gasteiger partial charge < -0.3 is 10.1 Å². The number of fused-ring (bicyclic) bond motifs is 2. The molecule has 5 rings (SSSR count). The molecule has 1 aliphatic carbocycles. The largest absolute Gasteiger partial charge is 0.470 e. The summed E-state index contributed by atoms with van der Waals surface area (Å²) in [7, 11) is 0. The van der Waals surface area contributed by atoms with E-state index in [1.807, 2.05) is 30.3 Å². The number of aromatic nitrogens is 2. The van der Waals surface area contributed by atoms with E-state index in [2.05, 4.69) is 29.0 Å². The smallest absolute Gasteiger partial charge is 0.273 e. The number of pyridine rings is 1. The lowest BCUT2D eigenvalue weighted by Gasteiger charge is -2.32. The van der Waals surface area contributed by atoms with Crippen LogP contribution in [0.5, 0.6) is 5.19 Å². The highest BCUT2D eigenvalue weighted by molar-refractivity contribution is 7.13. The molecule has 0 atom stereocenters. The lowest BCUT2D eigenvalue weighted by molar-refractivity contribution is 0.0921. The van der Waals surface area contributed by atoms with E-state index in [9.17, 15) is 4.79 Å². The average molecular weight is 493 g/mol. The first-order chi connectivity index (χ1) is 17.0. The van der Waals surface area contributed by atoms with E-state index < -0.39 is 0 Å². The number of carbonyl (C=O) groups is 1.